The van der Waals surface area contributed by atoms with Crippen LogP contribution < -0.4 is 10.6 Å². The molecule has 6 rings (SSSR count). The molecule has 1 aliphatic rings. The maximum absolute atomic E-state index is 13.0. The number of carbonyl (C=O) groups is 2. The molecule has 42 heavy (non-hydrogen) atoms. The number of amides is 1. The van der Waals surface area contributed by atoms with Crippen LogP contribution in [0.15, 0.2) is 78.0 Å². The van der Waals surface area contributed by atoms with Crippen LogP contribution in [-0.4, -0.2) is 39.0 Å². The predicted molar refractivity (Wildman–Crippen MR) is 169 cm³/mol. The predicted octanol–water partition coefficient (Wildman–Crippen LogP) is 6.88. The van der Waals surface area contributed by atoms with Gasteiger partial charge in [-0.25, -0.2) is 4.79 Å². The van der Waals surface area contributed by atoms with E-state index in [-0.39, 0.29) is 18.3 Å². The monoisotopic (exact) mass is 597 g/mol. The van der Waals surface area contributed by atoms with Crippen molar-refractivity contribution in [2.75, 3.05) is 23.0 Å². The van der Waals surface area contributed by atoms with Crippen molar-refractivity contribution in [3.63, 3.8) is 0 Å². The Labute approximate surface area is 252 Å². The summed E-state index contributed by atoms with van der Waals surface area (Å²) in [7, 11) is 0. The number of hydrogen-bond acceptors (Lipinski definition) is 8. The number of hydrogen-bond donors (Lipinski definition) is 2. The molecule has 0 aliphatic heterocycles. The summed E-state index contributed by atoms with van der Waals surface area (Å²) in [5, 5.41) is 19.1. The molecule has 8 nitrogen and oxygen atoms in total. The minimum atomic E-state index is -0.359. The molecule has 0 saturated carbocycles. The zero-order valence-corrected chi connectivity index (χ0v) is 24.9. The first-order chi connectivity index (χ1) is 20.6. The van der Waals surface area contributed by atoms with Gasteiger partial charge in [0.15, 0.2) is 11.0 Å². The van der Waals surface area contributed by atoms with E-state index in [9.17, 15) is 9.59 Å². The molecule has 1 amide bonds. The number of carbonyl (C=O) groups excluding carboxylic acids is 2. The third-order valence-corrected chi connectivity index (χ3v) is 9.29. The first-order valence-corrected chi connectivity index (χ1v) is 15.9. The van der Waals surface area contributed by atoms with Crippen molar-refractivity contribution in [2.45, 2.75) is 44.3 Å². The van der Waals surface area contributed by atoms with Gasteiger partial charge in [0.1, 0.15) is 5.00 Å². The first kappa shape index (κ1) is 28.0. The molecule has 1 aliphatic carbocycles. The molecule has 0 radical (unpaired) electrons. The van der Waals surface area contributed by atoms with E-state index in [0.29, 0.717) is 34.6 Å². The largest absolute Gasteiger partial charge is 0.462 e. The average molecular weight is 598 g/mol. The molecule has 2 heterocycles. The number of nitrogens with zero attached hydrogens (tertiary/aromatic N) is 3. The SMILES string of the molecule is CCOC(=O)c1c(NC(=O)CCSc2nnc(CNc3cccc4ccccc34)n2-c2ccccc2)sc2c1CCC2. The molecule has 3 aromatic carbocycles. The third kappa shape index (κ3) is 5.91. The summed E-state index contributed by atoms with van der Waals surface area (Å²) in [4.78, 5) is 26.8. The maximum atomic E-state index is 13.0. The van der Waals surface area contributed by atoms with Crippen LogP contribution in [0.2, 0.25) is 0 Å². The van der Waals surface area contributed by atoms with Gasteiger partial charge in [-0.3, -0.25) is 9.36 Å². The highest BCUT2D eigenvalue weighted by atomic mass is 32.2. The molecule has 5 aromatic rings. The van der Waals surface area contributed by atoms with Crippen LogP contribution in [0.3, 0.4) is 0 Å². The minimum Gasteiger partial charge on any atom is -0.462 e. The Balaban J connectivity index is 1.15. The van der Waals surface area contributed by atoms with Gasteiger partial charge in [-0.15, -0.1) is 21.5 Å². The van der Waals surface area contributed by atoms with E-state index in [2.05, 4.69) is 45.1 Å². The number of thioether (sulfide) groups is 1. The summed E-state index contributed by atoms with van der Waals surface area (Å²) in [6.07, 6.45) is 3.07. The lowest BCUT2D eigenvalue weighted by atomic mass is 10.1. The van der Waals surface area contributed by atoms with Crippen LogP contribution in [0.1, 0.15) is 46.4 Å². The second-order valence-electron chi connectivity index (χ2n) is 9.88. The fourth-order valence-corrected chi connectivity index (χ4v) is 7.44. The lowest BCUT2D eigenvalue weighted by Gasteiger charge is -2.13. The highest BCUT2D eigenvalue weighted by Crippen LogP contribution is 2.39. The molecular weight excluding hydrogens is 567 g/mol. The number of nitrogens with one attached hydrogen (secondary N) is 2. The van der Waals surface area contributed by atoms with E-state index in [4.69, 9.17) is 4.74 Å². The highest BCUT2D eigenvalue weighted by Gasteiger charge is 2.28. The molecule has 214 valence electrons. The van der Waals surface area contributed by atoms with Crippen molar-refractivity contribution in [3.8, 4) is 5.69 Å². The lowest BCUT2D eigenvalue weighted by Crippen LogP contribution is -2.15. The van der Waals surface area contributed by atoms with E-state index in [1.54, 1.807) is 6.92 Å². The van der Waals surface area contributed by atoms with Crippen molar-refractivity contribution in [1.82, 2.24) is 14.8 Å². The van der Waals surface area contributed by atoms with E-state index in [1.165, 1.54) is 33.4 Å². The Morgan fingerprint density at radius 3 is 2.67 bits per heavy atom. The molecule has 0 bridgehead atoms. The number of aromatic nitrogens is 3. The molecule has 0 unspecified atom stereocenters. The van der Waals surface area contributed by atoms with Crippen molar-refractivity contribution in [2.24, 2.45) is 0 Å². The molecule has 0 fully saturated rings. The molecule has 2 N–H and O–H groups in total. The average Bonchev–Trinajstić information content (AvgIpc) is 3.71. The number of para-hydroxylation sites is 1. The number of benzene rings is 3. The van der Waals surface area contributed by atoms with E-state index < -0.39 is 0 Å². The second kappa shape index (κ2) is 12.8. The Hall–Kier alpha value is -4.15. The first-order valence-electron chi connectivity index (χ1n) is 14.1. The summed E-state index contributed by atoms with van der Waals surface area (Å²) >= 11 is 2.98. The Morgan fingerprint density at radius 2 is 1.81 bits per heavy atom. The van der Waals surface area contributed by atoms with Crippen LogP contribution in [-0.2, 0) is 28.9 Å². The summed E-state index contributed by atoms with van der Waals surface area (Å²) in [6, 6.07) is 24.5. The molecule has 2 aromatic heterocycles. The number of anilines is 2. The van der Waals surface area contributed by atoms with Gasteiger partial charge in [0, 0.05) is 33.8 Å². The van der Waals surface area contributed by atoms with Gasteiger partial charge < -0.3 is 15.4 Å². The van der Waals surface area contributed by atoms with Crippen LogP contribution in [0, 0.1) is 0 Å². The fraction of sp³-hybridized carbons (Fsp3) is 0.250. The van der Waals surface area contributed by atoms with Gasteiger partial charge in [-0.2, -0.15) is 0 Å². The van der Waals surface area contributed by atoms with Crippen LogP contribution in [0.5, 0.6) is 0 Å². The Bertz CT molecular complexity index is 1730. The maximum Gasteiger partial charge on any atom is 0.341 e. The Morgan fingerprint density at radius 1 is 1.00 bits per heavy atom. The van der Waals surface area contributed by atoms with Gasteiger partial charge in [0.25, 0.3) is 0 Å². The van der Waals surface area contributed by atoms with E-state index >= 15 is 0 Å². The standard InChI is InChI=1S/C32H31N5O3S2/c1-2-40-31(39)29-24-15-9-17-26(24)42-30(29)34-28(38)18-19-41-32-36-35-27(37(32)22-12-4-3-5-13-22)20-33-25-16-8-11-21-10-6-7-14-23(21)25/h3-8,10-14,16,33H,2,9,15,17-20H2,1H3,(H,34,38). The van der Waals surface area contributed by atoms with Crippen molar-refractivity contribution in [3.05, 3.63) is 94.6 Å². The summed E-state index contributed by atoms with van der Waals surface area (Å²) < 4.78 is 7.32. The van der Waals surface area contributed by atoms with Crippen LogP contribution >= 0.6 is 23.1 Å². The zero-order valence-electron chi connectivity index (χ0n) is 23.3. The quantitative estimate of drug-likeness (QED) is 0.127. The summed E-state index contributed by atoms with van der Waals surface area (Å²) in [6.45, 7) is 2.57. The van der Waals surface area contributed by atoms with Crippen molar-refractivity contribution < 1.29 is 14.3 Å². The molecular formula is C32H31N5O3S2. The number of ether oxygens (including phenoxy) is 1. The number of rotatable bonds is 11. The van der Waals surface area contributed by atoms with Gasteiger partial charge in [-0.1, -0.05) is 66.4 Å². The normalized spacial score (nSPS) is 12.3. The van der Waals surface area contributed by atoms with Gasteiger partial charge in [0.05, 0.1) is 18.7 Å². The smallest absolute Gasteiger partial charge is 0.341 e. The van der Waals surface area contributed by atoms with E-state index in [0.717, 1.165) is 47.4 Å². The van der Waals surface area contributed by atoms with Gasteiger partial charge in [0.2, 0.25) is 5.91 Å². The third-order valence-electron chi connectivity index (χ3n) is 7.16. The van der Waals surface area contributed by atoms with Gasteiger partial charge >= 0.3 is 5.97 Å². The summed E-state index contributed by atoms with van der Waals surface area (Å²) in [5.41, 5.74) is 3.55. The zero-order chi connectivity index (χ0) is 28.9. The number of esters is 1. The lowest BCUT2D eigenvalue weighted by molar-refractivity contribution is -0.115. The van der Waals surface area contributed by atoms with Gasteiger partial charge in [-0.05, 0) is 55.3 Å². The number of thiophene rings is 1. The highest BCUT2D eigenvalue weighted by molar-refractivity contribution is 7.99. The van der Waals surface area contributed by atoms with E-state index in [1.807, 2.05) is 53.1 Å². The molecule has 0 atom stereocenters. The number of aryl methyl sites for hydroxylation is 1. The van der Waals surface area contributed by atoms with Crippen molar-refractivity contribution in [1.29, 1.82) is 0 Å². The Kier molecular flexibility index (Phi) is 8.52. The molecule has 0 saturated heterocycles. The summed E-state index contributed by atoms with van der Waals surface area (Å²) in [5.74, 6) is 0.778. The van der Waals surface area contributed by atoms with Crippen molar-refractivity contribution >= 4 is 56.4 Å². The van der Waals surface area contributed by atoms with Crippen LogP contribution in [0.25, 0.3) is 16.5 Å². The second-order valence-corrected chi connectivity index (χ2v) is 12.0. The fourth-order valence-electron chi connectivity index (χ4n) is 5.23. The molecule has 0 spiro atoms. The number of fused-ring (bicyclic) bond motifs is 2. The minimum absolute atomic E-state index is 0.142. The topological polar surface area (TPSA) is 98.1 Å². The molecule has 10 heteroatoms. The van der Waals surface area contributed by atoms with Crippen LogP contribution in [0.4, 0.5) is 10.7 Å².